The SMILES string of the molecule is NO.O=C(O)C(CCCCCCNO)S(=O)(=O)c1nc2ccccc2n1O. The van der Waals surface area contributed by atoms with Crippen molar-refractivity contribution in [2.45, 2.75) is 42.5 Å². The van der Waals surface area contributed by atoms with Crippen LogP contribution >= 0.6 is 0 Å². The lowest BCUT2D eigenvalue weighted by atomic mass is 10.1. The number of carboxylic acids is 1. The van der Waals surface area contributed by atoms with Gasteiger partial charge in [0.25, 0.3) is 5.16 Å². The number of hydrogen-bond acceptors (Lipinski definition) is 9. The molecule has 0 aliphatic rings. The van der Waals surface area contributed by atoms with E-state index in [1.165, 1.54) is 12.1 Å². The topological polar surface area (TPSA) is 188 Å². The summed E-state index contributed by atoms with van der Waals surface area (Å²) in [5.41, 5.74) is 2.49. The second-order valence-corrected chi connectivity index (χ2v) is 7.70. The van der Waals surface area contributed by atoms with Gasteiger partial charge in [0.2, 0.25) is 9.84 Å². The van der Waals surface area contributed by atoms with Crippen LogP contribution in [0.1, 0.15) is 32.1 Å². The van der Waals surface area contributed by atoms with Crippen LogP contribution in [0, 0.1) is 0 Å². The number of unbranched alkanes of at least 4 members (excludes halogenated alkanes) is 3. The van der Waals surface area contributed by atoms with Gasteiger partial charge in [0, 0.05) is 6.54 Å². The zero-order valence-corrected chi connectivity index (χ0v) is 15.3. The standard InChI is InChI=1S/C15H21N3O6S.H3NO/c19-14(20)13(9-3-1-2-6-10-16-21)25(23,24)15-17-11-7-4-5-8-12(11)18(15)22;1-2/h4-5,7-8,13,16,21-22H,1-3,6,9-10H2,(H,19,20);2H,1H2. The first kappa shape index (κ1) is 22.8. The molecule has 1 aromatic carbocycles. The Bertz CT molecular complexity index is 838. The molecule has 12 heteroatoms. The molecule has 152 valence electrons. The first-order valence-corrected chi connectivity index (χ1v) is 9.70. The number of nitrogens with two attached hydrogens (primary N) is 1. The van der Waals surface area contributed by atoms with E-state index in [-0.39, 0.29) is 17.5 Å². The number of rotatable bonds is 10. The van der Waals surface area contributed by atoms with E-state index < -0.39 is 26.2 Å². The number of para-hydroxylation sites is 2. The number of hydroxylamine groups is 1. The lowest BCUT2D eigenvalue weighted by Gasteiger charge is -2.12. The molecule has 0 aliphatic heterocycles. The highest BCUT2D eigenvalue weighted by molar-refractivity contribution is 7.92. The zero-order valence-electron chi connectivity index (χ0n) is 14.5. The summed E-state index contributed by atoms with van der Waals surface area (Å²) in [6.45, 7) is 0.426. The Balaban J connectivity index is 0.00000176. The van der Waals surface area contributed by atoms with Crippen LogP contribution in [0.4, 0.5) is 0 Å². The summed E-state index contributed by atoms with van der Waals surface area (Å²) in [4.78, 5) is 15.4. The van der Waals surface area contributed by atoms with Crippen molar-refractivity contribution < 1.29 is 33.9 Å². The molecule has 1 unspecified atom stereocenters. The van der Waals surface area contributed by atoms with Gasteiger partial charge in [-0.25, -0.2) is 24.8 Å². The Morgan fingerprint density at radius 1 is 1.19 bits per heavy atom. The minimum atomic E-state index is -4.34. The highest BCUT2D eigenvalue weighted by Crippen LogP contribution is 2.24. The number of carboxylic acid groups (broad SMARTS) is 1. The molecule has 2 aromatic rings. The average Bonchev–Trinajstić information content (AvgIpc) is 3.00. The normalized spacial score (nSPS) is 12.4. The van der Waals surface area contributed by atoms with E-state index in [4.69, 9.17) is 10.4 Å². The van der Waals surface area contributed by atoms with Crippen LogP contribution in [0.15, 0.2) is 29.4 Å². The third-order valence-electron chi connectivity index (χ3n) is 3.92. The molecule has 1 aromatic heterocycles. The molecule has 2 rings (SSSR count). The fourth-order valence-corrected chi connectivity index (χ4v) is 4.16. The summed E-state index contributed by atoms with van der Waals surface area (Å²) < 4.78 is 25.8. The number of nitrogens with zero attached hydrogens (tertiary/aromatic N) is 2. The predicted molar refractivity (Wildman–Crippen MR) is 94.4 cm³/mol. The molecule has 1 atom stereocenters. The van der Waals surface area contributed by atoms with Gasteiger partial charge in [-0.1, -0.05) is 31.4 Å². The number of carbonyl (C=O) groups is 1. The van der Waals surface area contributed by atoms with Gasteiger partial charge in [-0.05, 0) is 25.0 Å². The smallest absolute Gasteiger partial charge is 0.322 e. The van der Waals surface area contributed by atoms with Crippen molar-refractivity contribution in [2.75, 3.05) is 6.54 Å². The Morgan fingerprint density at radius 2 is 1.81 bits per heavy atom. The van der Waals surface area contributed by atoms with E-state index in [9.17, 15) is 23.5 Å². The molecule has 0 bridgehead atoms. The van der Waals surface area contributed by atoms with Crippen LogP contribution in [0.25, 0.3) is 11.0 Å². The minimum absolute atomic E-state index is 0.0760. The van der Waals surface area contributed by atoms with E-state index in [0.717, 1.165) is 6.42 Å². The fraction of sp³-hybridized carbons (Fsp3) is 0.467. The second-order valence-electron chi connectivity index (χ2n) is 5.68. The summed E-state index contributed by atoms with van der Waals surface area (Å²) in [6, 6.07) is 6.28. The third-order valence-corrected chi connectivity index (χ3v) is 5.88. The van der Waals surface area contributed by atoms with Gasteiger partial charge in [0.15, 0.2) is 5.25 Å². The first-order chi connectivity index (χ1) is 12.9. The maximum atomic E-state index is 12.7. The molecular formula is C15H24N4O7S. The van der Waals surface area contributed by atoms with Crippen molar-refractivity contribution in [1.29, 1.82) is 0 Å². The van der Waals surface area contributed by atoms with Crippen LogP contribution in [-0.2, 0) is 14.6 Å². The van der Waals surface area contributed by atoms with Gasteiger partial charge in [-0.3, -0.25) is 4.79 Å². The largest absolute Gasteiger partial charge is 0.480 e. The van der Waals surface area contributed by atoms with Gasteiger partial charge < -0.3 is 20.7 Å². The monoisotopic (exact) mass is 404 g/mol. The number of hydrogen-bond donors (Lipinski definition) is 6. The Kier molecular flexibility index (Phi) is 9.11. The van der Waals surface area contributed by atoms with E-state index >= 15 is 0 Å². The molecule has 0 fully saturated rings. The Labute approximate surface area is 155 Å². The maximum absolute atomic E-state index is 12.7. The van der Waals surface area contributed by atoms with Gasteiger partial charge in [-0.15, -0.1) is 0 Å². The quantitative estimate of drug-likeness (QED) is 0.187. The number of fused-ring (bicyclic) bond motifs is 1. The predicted octanol–water partition coefficient (Wildman–Crippen LogP) is 0.764. The van der Waals surface area contributed by atoms with Gasteiger partial charge >= 0.3 is 5.97 Å². The van der Waals surface area contributed by atoms with E-state index in [2.05, 4.69) is 10.9 Å². The van der Waals surface area contributed by atoms with Crippen molar-refractivity contribution >= 4 is 26.8 Å². The lowest BCUT2D eigenvalue weighted by Crippen LogP contribution is -2.32. The van der Waals surface area contributed by atoms with Crippen LogP contribution in [0.2, 0.25) is 0 Å². The van der Waals surface area contributed by atoms with E-state index in [1.54, 1.807) is 12.1 Å². The number of imidazole rings is 1. The summed E-state index contributed by atoms with van der Waals surface area (Å²) in [5.74, 6) is 2.03. The molecule has 0 aliphatic carbocycles. The number of aliphatic carboxylic acids is 1. The summed E-state index contributed by atoms with van der Waals surface area (Å²) in [5, 5.41) is 32.0. The number of benzene rings is 1. The third kappa shape index (κ3) is 5.61. The Morgan fingerprint density at radius 3 is 2.41 bits per heavy atom. The fourth-order valence-electron chi connectivity index (χ4n) is 2.60. The summed E-state index contributed by atoms with van der Waals surface area (Å²) in [7, 11) is -4.34. The van der Waals surface area contributed by atoms with Gasteiger partial charge in [0.05, 0.1) is 5.52 Å². The van der Waals surface area contributed by atoms with Crippen molar-refractivity contribution in [2.24, 2.45) is 5.90 Å². The Hall–Kier alpha value is -2.25. The van der Waals surface area contributed by atoms with Crippen LogP contribution in [-0.4, -0.2) is 56.6 Å². The molecule has 0 radical (unpaired) electrons. The minimum Gasteiger partial charge on any atom is -0.480 e. The van der Waals surface area contributed by atoms with E-state index in [1.807, 2.05) is 5.48 Å². The molecule has 0 amide bonds. The highest BCUT2D eigenvalue weighted by atomic mass is 32.2. The van der Waals surface area contributed by atoms with Crippen LogP contribution in [0.5, 0.6) is 0 Å². The van der Waals surface area contributed by atoms with Crippen LogP contribution in [0.3, 0.4) is 0 Å². The maximum Gasteiger partial charge on any atom is 0.322 e. The molecule has 1 heterocycles. The molecule has 27 heavy (non-hydrogen) atoms. The van der Waals surface area contributed by atoms with Crippen molar-refractivity contribution in [1.82, 2.24) is 15.2 Å². The lowest BCUT2D eigenvalue weighted by molar-refractivity contribution is -0.136. The summed E-state index contributed by atoms with van der Waals surface area (Å²) >= 11 is 0. The molecule has 0 saturated carbocycles. The molecule has 7 N–H and O–H groups in total. The number of nitrogens with one attached hydrogen (secondary N) is 1. The van der Waals surface area contributed by atoms with Gasteiger partial charge in [-0.2, -0.15) is 4.73 Å². The zero-order chi connectivity index (χ0) is 20.4. The van der Waals surface area contributed by atoms with Crippen molar-refractivity contribution in [3.05, 3.63) is 24.3 Å². The van der Waals surface area contributed by atoms with Crippen LogP contribution < -0.4 is 11.4 Å². The molecule has 11 nitrogen and oxygen atoms in total. The van der Waals surface area contributed by atoms with Crippen molar-refractivity contribution in [3.8, 4) is 0 Å². The molecule has 0 saturated heterocycles. The second kappa shape index (κ2) is 10.8. The molecular weight excluding hydrogens is 380 g/mol. The van der Waals surface area contributed by atoms with Gasteiger partial charge in [0.1, 0.15) is 5.52 Å². The highest BCUT2D eigenvalue weighted by Gasteiger charge is 2.37. The molecule has 0 spiro atoms. The van der Waals surface area contributed by atoms with E-state index in [0.29, 0.717) is 30.5 Å². The number of sulfone groups is 1. The number of aromatic nitrogens is 2. The summed E-state index contributed by atoms with van der Waals surface area (Å²) in [6.07, 6.45) is 2.39. The average molecular weight is 404 g/mol. The van der Waals surface area contributed by atoms with Crippen molar-refractivity contribution in [3.63, 3.8) is 0 Å². The first-order valence-electron chi connectivity index (χ1n) is 8.15.